The summed E-state index contributed by atoms with van der Waals surface area (Å²) in [6, 6.07) is 17.5. The van der Waals surface area contributed by atoms with Gasteiger partial charge in [-0.25, -0.2) is 0 Å². The maximum atomic E-state index is 2.40. The average molecular weight is 318 g/mol. The average Bonchev–Trinajstić information content (AvgIpc) is 2.32. The Bertz CT molecular complexity index is 683. The molecule has 0 saturated carbocycles. The van der Waals surface area contributed by atoms with Gasteiger partial charge in [-0.1, -0.05) is 30.3 Å². The molecule has 0 atom stereocenters. The summed E-state index contributed by atoms with van der Waals surface area (Å²) in [5.41, 5.74) is 1.38. The lowest BCUT2D eigenvalue weighted by Crippen LogP contribution is -1.84. The molecule has 0 N–H and O–H groups in total. The third-order valence-electron chi connectivity index (χ3n) is 3.09. The Morgan fingerprint density at radius 1 is 0.812 bits per heavy atom. The van der Waals surface area contributed by atoms with E-state index in [1.54, 1.807) is 0 Å². The summed E-state index contributed by atoms with van der Waals surface area (Å²) < 4.78 is 1.33. The molecule has 78 valence electrons. The first-order valence-corrected chi connectivity index (χ1v) is 6.41. The minimum atomic E-state index is 1.32. The molecule has 0 nitrogen and oxygen atoms in total. The maximum Gasteiger partial charge on any atom is 0.0165 e. The van der Waals surface area contributed by atoms with Crippen LogP contribution < -0.4 is 0 Å². The van der Waals surface area contributed by atoms with E-state index in [1.165, 1.54) is 30.7 Å². The second-order valence-corrected chi connectivity index (χ2v) is 5.26. The predicted molar refractivity (Wildman–Crippen MR) is 78.9 cm³/mol. The van der Waals surface area contributed by atoms with Crippen LogP contribution in [0.15, 0.2) is 48.5 Å². The molecule has 16 heavy (non-hydrogen) atoms. The highest BCUT2D eigenvalue weighted by molar-refractivity contribution is 14.1. The molecule has 0 aliphatic heterocycles. The molecule has 0 radical (unpaired) electrons. The van der Waals surface area contributed by atoms with Gasteiger partial charge in [-0.2, -0.15) is 0 Å². The molecular weight excluding hydrogens is 307 g/mol. The molecule has 0 aromatic heterocycles. The molecule has 0 saturated heterocycles. The van der Waals surface area contributed by atoms with E-state index in [9.17, 15) is 0 Å². The van der Waals surface area contributed by atoms with E-state index >= 15 is 0 Å². The van der Waals surface area contributed by atoms with Crippen molar-refractivity contribution in [3.05, 3.63) is 57.7 Å². The normalized spacial score (nSPS) is 11.1. The molecule has 0 fully saturated rings. The van der Waals surface area contributed by atoms with Crippen molar-refractivity contribution in [3.63, 3.8) is 0 Å². The fourth-order valence-corrected chi connectivity index (χ4v) is 2.61. The third-order valence-corrected chi connectivity index (χ3v) is 4.26. The van der Waals surface area contributed by atoms with Crippen LogP contribution in [0.1, 0.15) is 5.56 Å². The van der Waals surface area contributed by atoms with Crippen LogP contribution in [0.2, 0.25) is 0 Å². The van der Waals surface area contributed by atoms with Gasteiger partial charge in [0.15, 0.2) is 0 Å². The van der Waals surface area contributed by atoms with Gasteiger partial charge in [-0.05, 0) is 74.8 Å². The lowest BCUT2D eigenvalue weighted by atomic mass is 10.0. The van der Waals surface area contributed by atoms with Crippen molar-refractivity contribution in [2.45, 2.75) is 6.92 Å². The summed E-state index contributed by atoms with van der Waals surface area (Å²) in [5.74, 6) is 0. The number of halogens is 1. The van der Waals surface area contributed by atoms with Crippen molar-refractivity contribution in [2.75, 3.05) is 0 Å². The molecule has 0 aliphatic carbocycles. The Kier molecular flexibility index (Phi) is 2.36. The third kappa shape index (κ3) is 1.50. The van der Waals surface area contributed by atoms with Gasteiger partial charge in [0, 0.05) is 3.57 Å². The first-order chi connectivity index (χ1) is 7.75. The molecule has 1 heteroatoms. The first-order valence-electron chi connectivity index (χ1n) is 5.33. The second-order valence-electron chi connectivity index (χ2n) is 4.09. The van der Waals surface area contributed by atoms with Gasteiger partial charge in [0.25, 0.3) is 0 Å². The van der Waals surface area contributed by atoms with E-state index in [0.717, 1.165) is 0 Å². The van der Waals surface area contributed by atoms with Crippen LogP contribution in [0.4, 0.5) is 0 Å². The van der Waals surface area contributed by atoms with Crippen LogP contribution in [0.5, 0.6) is 0 Å². The molecule has 0 spiro atoms. The zero-order chi connectivity index (χ0) is 11.1. The number of fused-ring (bicyclic) bond motifs is 2. The van der Waals surface area contributed by atoms with E-state index in [1.807, 2.05) is 0 Å². The Labute approximate surface area is 108 Å². The van der Waals surface area contributed by atoms with Crippen LogP contribution in [0.3, 0.4) is 0 Å². The van der Waals surface area contributed by atoms with Crippen molar-refractivity contribution in [2.24, 2.45) is 0 Å². The van der Waals surface area contributed by atoms with Crippen LogP contribution in [-0.4, -0.2) is 0 Å². The number of hydrogen-bond donors (Lipinski definition) is 0. The number of benzene rings is 3. The smallest absolute Gasteiger partial charge is 0.0165 e. The van der Waals surface area contributed by atoms with Crippen molar-refractivity contribution in [3.8, 4) is 0 Å². The molecule has 0 bridgehead atoms. The Balaban J connectivity index is 2.51. The van der Waals surface area contributed by atoms with Crippen LogP contribution in [0.25, 0.3) is 21.5 Å². The number of aryl methyl sites for hydroxylation is 1. The molecule has 0 aliphatic rings. The van der Waals surface area contributed by atoms with E-state index in [2.05, 4.69) is 78.0 Å². The Morgan fingerprint density at radius 3 is 2.25 bits per heavy atom. The second kappa shape index (κ2) is 3.74. The summed E-state index contributed by atoms with van der Waals surface area (Å²) in [6.45, 7) is 2.19. The van der Waals surface area contributed by atoms with E-state index < -0.39 is 0 Å². The van der Waals surface area contributed by atoms with Gasteiger partial charge >= 0.3 is 0 Å². The van der Waals surface area contributed by atoms with Crippen molar-refractivity contribution < 1.29 is 0 Å². The Hall–Kier alpha value is -1.09. The minimum Gasteiger partial charge on any atom is -0.0616 e. The Morgan fingerprint density at radius 2 is 1.50 bits per heavy atom. The number of hydrogen-bond acceptors (Lipinski definition) is 0. The van der Waals surface area contributed by atoms with Crippen LogP contribution >= 0.6 is 22.6 Å². The summed E-state index contributed by atoms with van der Waals surface area (Å²) >= 11 is 2.40. The molecule has 0 unspecified atom stereocenters. The topological polar surface area (TPSA) is 0 Å². The molecule has 0 amide bonds. The van der Waals surface area contributed by atoms with Crippen molar-refractivity contribution in [1.29, 1.82) is 0 Å². The molecule has 3 aromatic carbocycles. The van der Waals surface area contributed by atoms with Gasteiger partial charge in [-0.15, -0.1) is 0 Å². The molecule has 3 rings (SSSR count). The lowest BCUT2D eigenvalue weighted by Gasteiger charge is -2.06. The fourth-order valence-electron chi connectivity index (χ4n) is 2.14. The molecule has 0 heterocycles. The predicted octanol–water partition coefficient (Wildman–Crippen LogP) is 4.91. The minimum absolute atomic E-state index is 1.32. The zero-order valence-corrected chi connectivity index (χ0v) is 11.2. The van der Waals surface area contributed by atoms with Crippen LogP contribution in [0, 0.1) is 10.5 Å². The summed E-state index contributed by atoms with van der Waals surface area (Å²) in [5, 5.41) is 5.33. The largest absolute Gasteiger partial charge is 0.0616 e. The highest BCUT2D eigenvalue weighted by Gasteiger charge is 2.02. The van der Waals surface area contributed by atoms with Crippen LogP contribution in [-0.2, 0) is 0 Å². The van der Waals surface area contributed by atoms with Gasteiger partial charge in [0.2, 0.25) is 0 Å². The van der Waals surface area contributed by atoms with E-state index in [0.29, 0.717) is 0 Å². The SMILES string of the molecule is Cc1c(I)ccc2cc3ccccc3cc12. The lowest BCUT2D eigenvalue weighted by molar-refractivity contribution is 1.49. The summed E-state index contributed by atoms with van der Waals surface area (Å²) in [4.78, 5) is 0. The molecular formula is C15H11I. The molecule has 3 aromatic rings. The van der Waals surface area contributed by atoms with Gasteiger partial charge in [0.1, 0.15) is 0 Å². The maximum absolute atomic E-state index is 2.40. The van der Waals surface area contributed by atoms with Crippen molar-refractivity contribution >= 4 is 44.1 Å². The first kappa shape index (κ1) is 10.1. The highest BCUT2D eigenvalue weighted by Crippen LogP contribution is 2.27. The highest BCUT2D eigenvalue weighted by atomic mass is 127. The quantitative estimate of drug-likeness (QED) is 0.408. The van der Waals surface area contributed by atoms with Gasteiger partial charge in [-0.3, -0.25) is 0 Å². The van der Waals surface area contributed by atoms with Gasteiger partial charge in [0.05, 0.1) is 0 Å². The summed E-state index contributed by atoms with van der Waals surface area (Å²) in [6.07, 6.45) is 0. The standard InChI is InChI=1S/C15H11I/c1-10-14-9-12-5-3-2-4-11(12)8-13(14)6-7-15(10)16/h2-9H,1H3. The van der Waals surface area contributed by atoms with E-state index in [-0.39, 0.29) is 0 Å². The summed E-state index contributed by atoms with van der Waals surface area (Å²) in [7, 11) is 0. The zero-order valence-electron chi connectivity index (χ0n) is 9.00. The van der Waals surface area contributed by atoms with Gasteiger partial charge < -0.3 is 0 Å². The fraction of sp³-hybridized carbons (Fsp3) is 0.0667. The monoisotopic (exact) mass is 318 g/mol. The van der Waals surface area contributed by atoms with E-state index in [4.69, 9.17) is 0 Å². The van der Waals surface area contributed by atoms with Crippen molar-refractivity contribution in [1.82, 2.24) is 0 Å². The number of rotatable bonds is 0.